The van der Waals surface area contributed by atoms with Crippen LogP contribution in [0.25, 0.3) is 6.08 Å². The van der Waals surface area contributed by atoms with Crippen LogP contribution in [0, 0.1) is 0 Å². The molecule has 0 atom stereocenters. The van der Waals surface area contributed by atoms with Crippen LogP contribution in [-0.2, 0) is 0 Å². The van der Waals surface area contributed by atoms with Crippen molar-refractivity contribution < 1.29 is 0 Å². The predicted molar refractivity (Wildman–Crippen MR) is 66.1 cm³/mol. The van der Waals surface area contributed by atoms with Crippen LogP contribution in [0.2, 0.25) is 5.15 Å². The van der Waals surface area contributed by atoms with E-state index in [0.717, 1.165) is 5.56 Å². The molecule has 1 heterocycles. The Hall–Kier alpha value is -1.87. The van der Waals surface area contributed by atoms with Crippen LogP contribution in [0.4, 0.5) is 5.82 Å². The third-order valence-corrected chi connectivity index (χ3v) is 2.09. The summed E-state index contributed by atoms with van der Waals surface area (Å²) in [6.45, 7) is 0. The van der Waals surface area contributed by atoms with Crippen molar-refractivity contribution in [3.05, 3.63) is 59.6 Å². The number of hydrogen-bond acceptors (Lipinski definition) is 3. The number of aromatic nitrogens is 2. The molecule has 3 nitrogen and oxygen atoms in total. The molecule has 1 aromatic carbocycles. The van der Waals surface area contributed by atoms with Crippen LogP contribution in [0.3, 0.4) is 0 Å². The maximum absolute atomic E-state index is 5.70. The minimum Gasteiger partial charge on any atom is -0.345 e. The van der Waals surface area contributed by atoms with Gasteiger partial charge in [-0.1, -0.05) is 41.9 Å². The molecular weight excluding hydrogens is 222 g/mol. The number of benzene rings is 1. The first-order chi connectivity index (χ1) is 7.84. The Balaban J connectivity index is 2.00. The van der Waals surface area contributed by atoms with E-state index in [9.17, 15) is 0 Å². The molecule has 0 unspecified atom stereocenters. The average Bonchev–Trinajstić information content (AvgIpc) is 2.30. The summed E-state index contributed by atoms with van der Waals surface area (Å²) in [5.74, 6) is 0.625. The molecule has 1 N–H and O–H groups in total. The number of nitrogens with one attached hydrogen (secondary N) is 1. The summed E-state index contributed by atoms with van der Waals surface area (Å²) in [6.07, 6.45) is 6.85. The highest BCUT2D eigenvalue weighted by atomic mass is 35.5. The van der Waals surface area contributed by atoms with Crippen molar-refractivity contribution in [2.24, 2.45) is 0 Å². The van der Waals surface area contributed by atoms with E-state index in [1.807, 2.05) is 36.4 Å². The average molecular weight is 232 g/mol. The van der Waals surface area contributed by atoms with Crippen molar-refractivity contribution in [3.8, 4) is 0 Å². The highest BCUT2D eigenvalue weighted by Gasteiger charge is 1.92. The van der Waals surface area contributed by atoms with Gasteiger partial charge in [0.05, 0.1) is 12.4 Å². The summed E-state index contributed by atoms with van der Waals surface area (Å²) < 4.78 is 0. The minimum atomic E-state index is 0.373. The Morgan fingerprint density at radius 3 is 2.69 bits per heavy atom. The molecule has 0 aliphatic rings. The highest BCUT2D eigenvalue weighted by Crippen LogP contribution is 2.07. The Bertz CT molecular complexity index is 483. The first-order valence-electron chi connectivity index (χ1n) is 4.80. The van der Waals surface area contributed by atoms with Gasteiger partial charge in [0, 0.05) is 6.20 Å². The number of anilines is 1. The summed E-state index contributed by atoms with van der Waals surface area (Å²) in [7, 11) is 0. The van der Waals surface area contributed by atoms with Gasteiger partial charge in [0.15, 0.2) is 0 Å². The van der Waals surface area contributed by atoms with Crippen LogP contribution in [0.1, 0.15) is 5.56 Å². The van der Waals surface area contributed by atoms with Gasteiger partial charge in [-0.3, -0.25) is 4.98 Å². The zero-order valence-electron chi connectivity index (χ0n) is 8.47. The SMILES string of the molecule is Clc1cncc(NC=Cc2ccccc2)n1. The van der Waals surface area contributed by atoms with Crippen molar-refractivity contribution in [1.82, 2.24) is 9.97 Å². The van der Waals surface area contributed by atoms with Crippen LogP contribution in [0.5, 0.6) is 0 Å². The van der Waals surface area contributed by atoms with Gasteiger partial charge in [-0.2, -0.15) is 0 Å². The van der Waals surface area contributed by atoms with Gasteiger partial charge in [-0.15, -0.1) is 0 Å². The molecule has 2 aromatic rings. The van der Waals surface area contributed by atoms with E-state index in [1.165, 1.54) is 6.20 Å². The fraction of sp³-hybridized carbons (Fsp3) is 0. The van der Waals surface area contributed by atoms with Crippen molar-refractivity contribution in [3.63, 3.8) is 0 Å². The van der Waals surface area contributed by atoms with Crippen molar-refractivity contribution >= 4 is 23.5 Å². The smallest absolute Gasteiger partial charge is 0.150 e. The van der Waals surface area contributed by atoms with E-state index < -0.39 is 0 Å². The molecule has 1 aromatic heterocycles. The molecule has 0 bridgehead atoms. The Labute approximate surface area is 98.8 Å². The minimum absolute atomic E-state index is 0.373. The molecule has 0 radical (unpaired) electrons. The second-order valence-electron chi connectivity index (χ2n) is 3.12. The quantitative estimate of drug-likeness (QED) is 0.882. The normalized spacial score (nSPS) is 10.6. The highest BCUT2D eigenvalue weighted by molar-refractivity contribution is 6.29. The molecule has 0 aliphatic heterocycles. The molecule has 16 heavy (non-hydrogen) atoms. The monoisotopic (exact) mass is 231 g/mol. The van der Waals surface area contributed by atoms with Gasteiger partial charge < -0.3 is 5.32 Å². The Kier molecular flexibility index (Phi) is 3.51. The summed E-state index contributed by atoms with van der Waals surface area (Å²) in [6, 6.07) is 9.98. The molecule has 0 saturated heterocycles. The zero-order valence-corrected chi connectivity index (χ0v) is 9.22. The lowest BCUT2D eigenvalue weighted by Crippen LogP contribution is -1.92. The number of rotatable bonds is 3. The fourth-order valence-corrected chi connectivity index (χ4v) is 1.35. The summed E-state index contributed by atoms with van der Waals surface area (Å²) in [4.78, 5) is 7.96. The molecule has 0 saturated carbocycles. The standard InChI is InChI=1S/C12H10ClN3/c13-11-8-14-9-12(16-11)15-7-6-10-4-2-1-3-5-10/h1-9H,(H,15,16). The first kappa shape index (κ1) is 10.6. The number of nitrogens with zero attached hydrogens (tertiary/aromatic N) is 2. The van der Waals surface area contributed by atoms with Gasteiger partial charge in [0.2, 0.25) is 0 Å². The van der Waals surface area contributed by atoms with Crippen molar-refractivity contribution in [2.45, 2.75) is 0 Å². The topological polar surface area (TPSA) is 37.8 Å². The summed E-state index contributed by atoms with van der Waals surface area (Å²) in [5.41, 5.74) is 1.12. The van der Waals surface area contributed by atoms with Gasteiger partial charge in [-0.05, 0) is 11.6 Å². The fourth-order valence-electron chi connectivity index (χ4n) is 1.20. The molecule has 2 rings (SSSR count). The third-order valence-electron chi connectivity index (χ3n) is 1.91. The maximum atomic E-state index is 5.70. The maximum Gasteiger partial charge on any atom is 0.150 e. The van der Waals surface area contributed by atoms with E-state index in [0.29, 0.717) is 11.0 Å². The molecule has 4 heteroatoms. The molecular formula is C12H10ClN3. The van der Waals surface area contributed by atoms with Crippen LogP contribution < -0.4 is 5.32 Å². The second-order valence-corrected chi connectivity index (χ2v) is 3.50. The first-order valence-corrected chi connectivity index (χ1v) is 5.18. The third kappa shape index (κ3) is 3.07. The van der Waals surface area contributed by atoms with E-state index in [1.54, 1.807) is 12.4 Å². The lowest BCUT2D eigenvalue weighted by atomic mass is 10.2. The molecule has 80 valence electrons. The summed E-state index contributed by atoms with van der Waals surface area (Å²) in [5, 5.41) is 3.37. The van der Waals surface area contributed by atoms with Crippen molar-refractivity contribution in [1.29, 1.82) is 0 Å². The second kappa shape index (κ2) is 5.28. The molecule has 0 aliphatic carbocycles. The van der Waals surface area contributed by atoms with Crippen LogP contribution >= 0.6 is 11.6 Å². The Morgan fingerprint density at radius 2 is 1.94 bits per heavy atom. The Morgan fingerprint density at radius 1 is 1.12 bits per heavy atom. The van der Waals surface area contributed by atoms with E-state index in [4.69, 9.17) is 11.6 Å². The lowest BCUT2D eigenvalue weighted by molar-refractivity contribution is 1.20. The van der Waals surface area contributed by atoms with Crippen molar-refractivity contribution in [2.75, 3.05) is 5.32 Å². The van der Waals surface area contributed by atoms with Gasteiger partial charge in [-0.25, -0.2) is 4.98 Å². The van der Waals surface area contributed by atoms with Gasteiger partial charge in [0.1, 0.15) is 11.0 Å². The summed E-state index contributed by atoms with van der Waals surface area (Å²) >= 11 is 5.70. The van der Waals surface area contributed by atoms with E-state index >= 15 is 0 Å². The van der Waals surface area contributed by atoms with Gasteiger partial charge >= 0.3 is 0 Å². The zero-order chi connectivity index (χ0) is 11.2. The number of halogens is 1. The molecule has 0 fully saturated rings. The molecule has 0 amide bonds. The van der Waals surface area contributed by atoms with Crippen LogP contribution in [0.15, 0.2) is 48.9 Å². The largest absolute Gasteiger partial charge is 0.345 e. The van der Waals surface area contributed by atoms with E-state index in [2.05, 4.69) is 15.3 Å². The number of hydrogen-bond donors (Lipinski definition) is 1. The predicted octanol–water partition coefficient (Wildman–Crippen LogP) is 3.21. The van der Waals surface area contributed by atoms with Gasteiger partial charge in [0.25, 0.3) is 0 Å². The van der Waals surface area contributed by atoms with E-state index in [-0.39, 0.29) is 0 Å². The van der Waals surface area contributed by atoms with Crippen LogP contribution in [-0.4, -0.2) is 9.97 Å². The molecule has 0 spiro atoms. The lowest BCUT2D eigenvalue weighted by Gasteiger charge is -1.98.